The Morgan fingerprint density at radius 1 is 0.973 bits per heavy atom. The van der Waals surface area contributed by atoms with Crippen molar-refractivity contribution >= 4 is 23.6 Å². The van der Waals surface area contributed by atoms with Gasteiger partial charge in [-0.3, -0.25) is 9.59 Å². The van der Waals surface area contributed by atoms with E-state index in [4.69, 9.17) is 0 Å². The van der Waals surface area contributed by atoms with Crippen LogP contribution in [0.2, 0.25) is 0 Å². The average molecular weight is 519 g/mol. The predicted octanol–water partition coefficient (Wildman–Crippen LogP) is 6.07. The Hall–Kier alpha value is -3.12. The number of hydrogen-bond acceptors (Lipinski definition) is 3. The zero-order valence-corrected chi connectivity index (χ0v) is 22.2. The molecule has 0 heterocycles. The fraction of sp³-hybridized carbons (Fsp3) is 0.355. The SMILES string of the molecule is Cc1cccc(CN(C(=O)CSCc2ccccc2F)[C@H](Cc2ccccc2)C(=O)NC2CCCC2)c1. The van der Waals surface area contributed by atoms with Gasteiger partial charge in [0.05, 0.1) is 5.75 Å². The molecule has 0 radical (unpaired) electrons. The number of thioether (sulfide) groups is 1. The van der Waals surface area contributed by atoms with Crippen LogP contribution in [0.5, 0.6) is 0 Å². The van der Waals surface area contributed by atoms with Crippen LogP contribution in [0, 0.1) is 12.7 Å². The monoisotopic (exact) mass is 518 g/mol. The maximum Gasteiger partial charge on any atom is 0.243 e. The van der Waals surface area contributed by atoms with E-state index in [1.54, 1.807) is 23.1 Å². The molecule has 0 saturated heterocycles. The molecule has 37 heavy (non-hydrogen) atoms. The number of hydrogen-bond donors (Lipinski definition) is 1. The van der Waals surface area contributed by atoms with E-state index in [2.05, 4.69) is 11.4 Å². The number of benzene rings is 3. The summed E-state index contributed by atoms with van der Waals surface area (Å²) < 4.78 is 14.1. The van der Waals surface area contributed by atoms with Gasteiger partial charge in [0.25, 0.3) is 0 Å². The molecule has 4 nitrogen and oxygen atoms in total. The second-order valence-corrected chi connectivity index (χ2v) is 10.8. The van der Waals surface area contributed by atoms with Crippen molar-refractivity contribution < 1.29 is 14.0 Å². The molecule has 6 heteroatoms. The quantitative estimate of drug-likeness (QED) is 0.335. The molecular formula is C31H35FN2O2S. The molecule has 1 N–H and O–H groups in total. The zero-order valence-electron chi connectivity index (χ0n) is 21.4. The third-order valence-corrected chi connectivity index (χ3v) is 7.82. The van der Waals surface area contributed by atoms with Gasteiger partial charge >= 0.3 is 0 Å². The van der Waals surface area contributed by atoms with Gasteiger partial charge in [0, 0.05) is 24.8 Å². The Bertz CT molecular complexity index is 1180. The molecule has 0 aliphatic heterocycles. The first kappa shape index (κ1) is 26.9. The molecule has 1 atom stereocenters. The number of amides is 2. The van der Waals surface area contributed by atoms with E-state index in [-0.39, 0.29) is 29.4 Å². The molecule has 1 aliphatic carbocycles. The Kier molecular flexibility index (Phi) is 9.78. The highest BCUT2D eigenvalue weighted by molar-refractivity contribution is 7.99. The summed E-state index contributed by atoms with van der Waals surface area (Å²) in [6.45, 7) is 2.37. The summed E-state index contributed by atoms with van der Waals surface area (Å²) in [6, 6.07) is 24.1. The lowest BCUT2D eigenvalue weighted by atomic mass is 10.0. The standard InChI is InChI=1S/C31H35FN2O2S/c1-23-10-9-13-25(18-23)20-34(30(35)22-37-21-26-14-5-8-17-28(26)32)29(19-24-11-3-2-4-12-24)31(36)33-27-15-6-7-16-27/h2-5,8-14,17-18,27,29H,6-7,15-16,19-22H2,1H3,(H,33,36)/t29-/m1/s1. The molecule has 4 rings (SSSR count). The van der Waals surface area contributed by atoms with Crippen LogP contribution in [-0.2, 0) is 28.3 Å². The van der Waals surface area contributed by atoms with Crippen LogP contribution in [0.1, 0.15) is 47.9 Å². The summed E-state index contributed by atoms with van der Waals surface area (Å²) in [5.41, 5.74) is 3.67. The van der Waals surface area contributed by atoms with Crippen LogP contribution in [0.3, 0.4) is 0 Å². The van der Waals surface area contributed by atoms with Crippen molar-refractivity contribution in [3.05, 3.63) is 107 Å². The second-order valence-electron chi connectivity index (χ2n) is 9.79. The molecule has 1 fully saturated rings. The van der Waals surface area contributed by atoms with Crippen LogP contribution in [0.15, 0.2) is 78.9 Å². The molecule has 0 unspecified atom stereocenters. The Balaban J connectivity index is 1.57. The molecule has 0 bridgehead atoms. The summed E-state index contributed by atoms with van der Waals surface area (Å²) in [7, 11) is 0. The average Bonchev–Trinajstić information content (AvgIpc) is 3.41. The van der Waals surface area contributed by atoms with Gasteiger partial charge in [0.1, 0.15) is 11.9 Å². The van der Waals surface area contributed by atoms with Gasteiger partial charge in [-0.25, -0.2) is 4.39 Å². The zero-order chi connectivity index (χ0) is 26.0. The lowest BCUT2D eigenvalue weighted by Crippen LogP contribution is -2.52. The lowest BCUT2D eigenvalue weighted by molar-refractivity contribution is -0.139. The highest BCUT2D eigenvalue weighted by Gasteiger charge is 2.32. The van der Waals surface area contributed by atoms with Gasteiger partial charge in [0.15, 0.2) is 0 Å². The number of nitrogens with one attached hydrogen (secondary N) is 1. The van der Waals surface area contributed by atoms with Gasteiger partial charge in [-0.15, -0.1) is 11.8 Å². The minimum absolute atomic E-state index is 0.101. The fourth-order valence-corrected chi connectivity index (χ4v) is 5.77. The van der Waals surface area contributed by atoms with E-state index >= 15 is 0 Å². The normalized spacial score (nSPS) is 14.3. The summed E-state index contributed by atoms with van der Waals surface area (Å²) in [6.07, 6.45) is 4.64. The van der Waals surface area contributed by atoms with Crippen molar-refractivity contribution in [2.75, 3.05) is 5.75 Å². The second kappa shape index (κ2) is 13.4. The van der Waals surface area contributed by atoms with Gasteiger partial charge in [0.2, 0.25) is 11.8 Å². The van der Waals surface area contributed by atoms with Gasteiger partial charge in [-0.2, -0.15) is 0 Å². The maximum atomic E-state index is 14.1. The predicted molar refractivity (Wildman–Crippen MR) is 149 cm³/mol. The first-order valence-corrected chi connectivity index (χ1v) is 14.2. The summed E-state index contributed by atoms with van der Waals surface area (Å²) in [5, 5.41) is 3.23. The molecule has 1 saturated carbocycles. The van der Waals surface area contributed by atoms with E-state index in [9.17, 15) is 14.0 Å². The first-order valence-electron chi connectivity index (χ1n) is 13.0. The molecular weight excluding hydrogens is 483 g/mol. The number of halogens is 1. The smallest absolute Gasteiger partial charge is 0.243 e. The van der Waals surface area contributed by atoms with E-state index in [0.717, 1.165) is 42.4 Å². The van der Waals surface area contributed by atoms with Crippen molar-refractivity contribution in [2.45, 2.75) is 63.4 Å². The number of rotatable bonds is 11. The maximum absolute atomic E-state index is 14.1. The lowest BCUT2D eigenvalue weighted by Gasteiger charge is -2.32. The largest absolute Gasteiger partial charge is 0.352 e. The minimum Gasteiger partial charge on any atom is -0.352 e. The molecule has 0 spiro atoms. The highest BCUT2D eigenvalue weighted by Crippen LogP contribution is 2.22. The third-order valence-electron chi connectivity index (χ3n) is 6.85. The van der Waals surface area contributed by atoms with Crippen molar-refractivity contribution in [1.82, 2.24) is 10.2 Å². The van der Waals surface area contributed by atoms with Crippen LogP contribution in [0.4, 0.5) is 4.39 Å². The Labute approximate surface area is 223 Å². The van der Waals surface area contributed by atoms with Crippen molar-refractivity contribution in [1.29, 1.82) is 0 Å². The van der Waals surface area contributed by atoms with E-state index in [1.807, 2.05) is 55.5 Å². The minimum atomic E-state index is -0.634. The molecule has 2 amide bonds. The number of nitrogens with zero attached hydrogens (tertiary/aromatic N) is 1. The fourth-order valence-electron chi connectivity index (χ4n) is 4.88. The van der Waals surface area contributed by atoms with Crippen molar-refractivity contribution in [3.63, 3.8) is 0 Å². The molecule has 3 aromatic carbocycles. The van der Waals surface area contributed by atoms with Crippen LogP contribution < -0.4 is 5.32 Å². The first-order chi connectivity index (χ1) is 18.0. The topological polar surface area (TPSA) is 49.4 Å². The van der Waals surface area contributed by atoms with Gasteiger partial charge in [-0.1, -0.05) is 91.2 Å². The molecule has 194 valence electrons. The molecule has 1 aliphatic rings. The summed E-state index contributed by atoms with van der Waals surface area (Å²) in [5.74, 6) is 0.0781. The van der Waals surface area contributed by atoms with Crippen molar-refractivity contribution in [3.8, 4) is 0 Å². The number of aryl methyl sites for hydroxylation is 1. The molecule has 3 aromatic rings. The van der Waals surface area contributed by atoms with E-state index < -0.39 is 6.04 Å². The van der Waals surface area contributed by atoms with Crippen LogP contribution >= 0.6 is 11.8 Å². The van der Waals surface area contributed by atoms with Gasteiger partial charge < -0.3 is 10.2 Å². The third kappa shape index (κ3) is 7.93. The van der Waals surface area contributed by atoms with E-state index in [1.165, 1.54) is 17.8 Å². The highest BCUT2D eigenvalue weighted by atomic mass is 32.2. The Morgan fingerprint density at radius 2 is 1.68 bits per heavy atom. The van der Waals surface area contributed by atoms with E-state index in [0.29, 0.717) is 24.3 Å². The number of carbonyl (C=O) groups excluding carboxylic acids is 2. The summed E-state index contributed by atoms with van der Waals surface area (Å²) in [4.78, 5) is 29.1. The summed E-state index contributed by atoms with van der Waals surface area (Å²) >= 11 is 1.38. The molecule has 0 aromatic heterocycles. The van der Waals surface area contributed by atoms with Crippen LogP contribution in [-0.4, -0.2) is 34.6 Å². The van der Waals surface area contributed by atoms with Crippen LogP contribution in [0.25, 0.3) is 0 Å². The van der Waals surface area contributed by atoms with Gasteiger partial charge in [-0.05, 0) is 42.5 Å². The number of carbonyl (C=O) groups is 2. The Morgan fingerprint density at radius 3 is 2.41 bits per heavy atom. The van der Waals surface area contributed by atoms with Crippen molar-refractivity contribution in [2.24, 2.45) is 0 Å².